The van der Waals surface area contributed by atoms with Crippen LogP contribution in [0.3, 0.4) is 0 Å². The molecule has 0 fully saturated rings. The molecule has 0 spiro atoms. The van der Waals surface area contributed by atoms with E-state index in [-0.39, 0.29) is 5.76 Å². The Bertz CT molecular complexity index is 302. The summed E-state index contributed by atoms with van der Waals surface area (Å²) in [4.78, 5) is 19.5. The first-order valence-electron chi connectivity index (χ1n) is 2.85. The Hall–Kier alpha value is -1.65. The SMILES string of the molecule is Cc1cc([N+](=O)[O-])oc1C=O. The molecule has 0 aliphatic rings. The molecule has 0 N–H and O–H groups in total. The second-order valence-electron chi connectivity index (χ2n) is 2.01. The van der Waals surface area contributed by atoms with Crippen molar-refractivity contribution in [3.05, 3.63) is 27.5 Å². The van der Waals surface area contributed by atoms with Crippen molar-refractivity contribution in [2.24, 2.45) is 0 Å². The molecule has 0 radical (unpaired) electrons. The minimum atomic E-state index is -0.681. The lowest BCUT2D eigenvalue weighted by molar-refractivity contribution is -0.402. The Balaban J connectivity index is 3.14. The fraction of sp³-hybridized carbons (Fsp3) is 0.167. The van der Waals surface area contributed by atoms with Gasteiger partial charge in [-0.1, -0.05) is 0 Å². The van der Waals surface area contributed by atoms with Crippen LogP contribution in [-0.2, 0) is 0 Å². The molecule has 0 bridgehead atoms. The highest BCUT2D eigenvalue weighted by Gasteiger charge is 2.14. The number of nitrogens with zero attached hydrogens (tertiary/aromatic N) is 1. The number of carbonyl (C=O) groups excluding carboxylic acids is 1. The van der Waals surface area contributed by atoms with Crippen molar-refractivity contribution < 1.29 is 14.1 Å². The van der Waals surface area contributed by atoms with E-state index in [9.17, 15) is 14.9 Å². The Kier molecular flexibility index (Phi) is 1.72. The van der Waals surface area contributed by atoms with Gasteiger partial charge in [-0.25, -0.2) is 0 Å². The molecule has 1 rings (SSSR count). The van der Waals surface area contributed by atoms with Gasteiger partial charge in [-0.3, -0.25) is 14.9 Å². The van der Waals surface area contributed by atoms with E-state index in [0.717, 1.165) is 0 Å². The molecule has 5 nitrogen and oxygen atoms in total. The Morgan fingerprint density at radius 1 is 1.73 bits per heavy atom. The summed E-state index contributed by atoms with van der Waals surface area (Å²) in [7, 11) is 0. The highest BCUT2D eigenvalue weighted by atomic mass is 16.6. The van der Waals surface area contributed by atoms with Crippen LogP contribution in [-0.4, -0.2) is 11.2 Å². The third-order valence-electron chi connectivity index (χ3n) is 1.23. The monoisotopic (exact) mass is 155 g/mol. The molecular weight excluding hydrogens is 150 g/mol. The Morgan fingerprint density at radius 2 is 2.36 bits per heavy atom. The van der Waals surface area contributed by atoms with E-state index in [2.05, 4.69) is 4.42 Å². The van der Waals surface area contributed by atoms with Gasteiger partial charge in [0.25, 0.3) is 0 Å². The highest BCUT2D eigenvalue weighted by Crippen LogP contribution is 2.18. The smallest absolute Gasteiger partial charge is 0.398 e. The van der Waals surface area contributed by atoms with Crippen LogP contribution in [0.15, 0.2) is 10.5 Å². The van der Waals surface area contributed by atoms with E-state index in [1.54, 1.807) is 6.92 Å². The van der Waals surface area contributed by atoms with E-state index < -0.39 is 10.8 Å². The summed E-state index contributed by atoms with van der Waals surface area (Å²) in [5.41, 5.74) is 0.478. The largest absolute Gasteiger partial charge is 0.433 e. The number of hydrogen-bond donors (Lipinski definition) is 0. The van der Waals surface area contributed by atoms with Crippen LogP contribution in [0.25, 0.3) is 0 Å². The van der Waals surface area contributed by atoms with Gasteiger partial charge in [0.1, 0.15) is 4.92 Å². The summed E-state index contributed by atoms with van der Waals surface area (Å²) in [6, 6.07) is 1.21. The minimum absolute atomic E-state index is 0.0108. The standard InChI is InChI=1S/C6H5NO4/c1-4-2-6(7(9)10)11-5(4)3-8/h2-3H,1H3. The van der Waals surface area contributed by atoms with Gasteiger partial charge in [0.2, 0.25) is 0 Å². The lowest BCUT2D eigenvalue weighted by Gasteiger charge is -1.79. The van der Waals surface area contributed by atoms with Crippen LogP contribution in [0, 0.1) is 17.0 Å². The van der Waals surface area contributed by atoms with Crippen molar-refractivity contribution in [2.45, 2.75) is 6.92 Å². The molecular formula is C6H5NO4. The van der Waals surface area contributed by atoms with Gasteiger partial charge in [-0.15, -0.1) is 0 Å². The molecule has 0 aromatic carbocycles. The van der Waals surface area contributed by atoms with Gasteiger partial charge in [0.15, 0.2) is 12.0 Å². The molecule has 0 saturated carbocycles. The van der Waals surface area contributed by atoms with Crippen LogP contribution in [0.1, 0.15) is 16.1 Å². The lowest BCUT2D eigenvalue weighted by atomic mass is 10.3. The summed E-state index contributed by atoms with van der Waals surface area (Å²) >= 11 is 0. The average Bonchev–Trinajstić information content (AvgIpc) is 2.31. The average molecular weight is 155 g/mol. The molecule has 0 aliphatic heterocycles. The zero-order valence-electron chi connectivity index (χ0n) is 5.73. The predicted octanol–water partition coefficient (Wildman–Crippen LogP) is 1.31. The van der Waals surface area contributed by atoms with Crippen molar-refractivity contribution >= 4 is 12.2 Å². The summed E-state index contributed by atoms with van der Waals surface area (Å²) < 4.78 is 4.56. The number of hydrogen-bond acceptors (Lipinski definition) is 4. The normalized spacial score (nSPS) is 9.55. The highest BCUT2D eigenvalue weighted by molar-refractivity contribution is 5.73. The van der Waals surface area contributed by atoms with Gasteiger partial charge < -0.3 is 4.42 Å². The number of carbonyl (C=O) groups is 1. The Morgan fingerprint density at radius 3 is 2.64 bits per heavy atom. The van der Waals surface area contributed by atoms with Crippen molar-refractivity contribution in [1.29, 1.82) is 0 Å². The van der Waals surface area contributed by atoms with Gasteiger partial charge in [0, 0.05) is 5.56 Å². The van der Waals surface area contributed by atoms with Crippen molar-refractivity contribution in [3.8, 4) is 0 Å². The van der Waals surface area contributed by atoms with E-state index in [0.29, 0.717) is 11.8 Å². The van der Waals surface area contributed by atoms with E-state index in [1.807, 2.05) is 0 Å². The van der Waals surface area contributed by atoms with Crippen LogP contribution in [0.2, 0.25) is 0 Å². The number of aldehydes is 1. The van der Waals surface area contributed by atoms with Crippen LogP contribution in [0.4, 0.5) is 5.88 Å². The number of nitro groups is 1. The van der Waals surface area contributed by atoms with Crippen LogP contribution < -0.4 is 0 Å². The van der Waals surface area contributed by atoms with Crippen LogP contribution in [0.5, 0.6) is 0 Å². The summed E-state index contributed by atoms with van der Waals surface area (Å²) in [6.07, 6.45) is 0.447. The first kappa shape index (κ1) is 7.46. The van der Waals surface area contributed by atoms with Gasteiger partial charge in [-0.05, 0) is 6.92 Å². The predicted molar refractivity (Wildman–Crippen MR) is 35.5 cm³/mol. The number of furan rings is 1. The summed E-state index contributed by atoms with van der Waals surface area (Å²) in [6.45, 7) is 1.57. The fourth-order valence-corrected chi connectivity index (χ4v) is 0.686. The zero-order valence-corrected chi connectivity index (χ0v) is 5.73. The molecule has 58 valence electrons. The van der Waals surface area contributed by atoms with Gasteiger partial charge >= 0.3 is 5.88 Å². The maximum Gasteiger partial charge on any atom is 0.433 e. The molecule has 11 heavy (non-hydrogen) atoms. The van der Waals surface area contributed by atoms with Crippen molar-refractivity contribution in [2.75, 3.05) is 0 Å². The number of rotatable bonds is 2. The molecule has 1 aromatic rings. The van der Waals surface area contributed by atoms with Crippen LogP contribution >= 0.6 is 0 Å². The lowest BCUT2D eigenvalue weighted by Crippen LogP contribution is -1.82. The summed E-state index contributed by atoms with van der Waals surface area (Å²) in [5.74, 6) is -0.388. The summed E-state index contributed by atoms with van der Waals surface area (Å²) in [5, 5.41) is 10.1. The van der Waals surface area contributed by atoms with E-state index in [4.69, 9.17) is 0 Å². The topological polar surface area (TPSA) is 73.3 Å². The van der Waals surface area contributed by atoms with Crippen molar-refractivity contribution in [3.63, 3.8) is 0 Å². The number of aryl methyl sites for hydroxylation is 1. The van der Waals surface area contributed by atoms with E-state index >= 15 is 0 Å². The maximum absolute atomic E-state index is 10.1. The fourth-order valence-electron chi connectivity index (χ4n) is 0.686. The van der Waals surface area contributed by atoms with E-state index in [1.165, 1.54) is 6.07 Å². The molecule has 0 atom stereocenters. The first-order valence-corrected chi connectivity index (χ1v) is 2.85. The minimum Gasteiger partial charge on any atom is -0.398 e. The quantitative estimate of drug-likeness (QED) is 0.366. The third kappa shape index (κ3) is 1.26. The molecule has 0 unspecified atom stereocenters. The molecule has 1 heterocycles. The third-order valence-corrected chi connectivity index (χ3v) is 1.23. The Labute approximate surface area is 61.8 Å². The molecule has 0 aliphatic carbocycles. The second kappa shape index (κ2) is 2.53. The van der Waals surface area contributed by atoms with Crippen molar-refractivity contribution in [1.82, 2.24) is 0 Å². The zero-order chi connectivity index (χ0) is 8.43. The molecule has 1 aromatic heterocycles. The first-order chi connectivity index (χ1) is 5.15. The second-order valence-corrected chi connectivity index (χ2v) is 2.01. The molecule has 0 saturated heterocycles. The molecule has 0 amide bonds. The maximum atomic E-state index is 10.1. The van der Waals surface area contributed by atoms with Gasteiger partial charge in [0.05, 0.1) is 6.07 Å². The van der Waals surface area contributed by atoms with Gasteiger partial charge in [-0.2, -0.15) is 0 Å². The molecule has 5 heteroatoms.